The summed E-state index contributed by atoms with van der Waals surface area (Å²) in [5.41, 5.74) is 1.03. The number of halogens is 3. The van der Waals surface area contributed by atoms with Gasteiger partial charge in [-0.2, -0.15) is 13.2 Å². The predicted octanol–water partition coefficient (Wildman–Crippen LogP) is 5.96. The number of carboxylic acids is 2. The van der Waals surface area contributed by atoms with Crippen LogP contribution in [0.1, 0.15) is 38.8 Å². The van der Waals surface area contributed by atoms with Gasteiger partial charge in [0.1, 0.15) is 0 Å². The minimum Gasteiger partial charge on any atom is -0.478 e. The van der Waals surface area contributed by atoms with Gasteiger partial charge in [-0.05, 0) is 46.7 Å². The molecule has 4 rings (SSSR count). The second kappa shape index (κ2) is 13.8. The van der Waals surface area contributed by atoms with Crippen molar-refractivity contribution in [3.63, 3.8) is 0 Å². The fourth-order valence-corrected chi connectivity index (χ4v) is 3.06. The van der Waals surface area contributed by atoms with Crippen molar-refractivity contribution in [3.8, 4) is 0 Å². The van der Waals surface area contributed by atoms with Crippen molar-refractivity contribution >= 4 is 22.7 Å². The molecule has 4 N–H and O–H groups in total. The maximum atomic E-state index is 12.2. The van der Waals surface area contributed by atoms with Crippen molar-refractivity contribution in [2.45, 2.75) is 24.8 Å². The zero-order chi connectivity index (χ0) is 27.4. The quantitative estimate of drug-likeness (QED) is 0.261. The fourth-order valence-electron chi connectivity index (χ4n) is 3.06. The molecule has 0 amide bonds. The molecule has 0 spiro atoms. The van der Waals surface area contributed by atoms with E-state index in [0.29, 0.717) is 16.7 Å². The summed E-state index contributed by atoms with van der Waals surface area (Å²) in [4.78, 5) is 20.4. The highest BCUT2D eigenvalue weighted by Gasteiger charge is 2.39. The number of fused-ring (bicyclic) bond motifs is 1. The van der Waals surface area contributed by atoms with Crippen molar-refractivity contribution < 1.29 is 43.2 Å². The van der Waals surface area contributed by atoms with Gasteiger partial charge in [0.25, 0.3) is 0 Å². The number of alkyl halides is 3. The Morgan fingerprint density at radius 1 is 0.649 bits per heavy atom. The van der Waals surface area contributed by atoms with E-state index in [1.807, 2.05) is 24.3 Å². The monoisotopic (exact) mass is 514 g/mol. The maximum absolute atomic E-state index is 12.2. The summed E-state index contributed by atoms with van der Waals surface area (Å²) >= 11 is 0. The van der Waals surface area contributed by atoms with Gasteiger partial charge in [-0.25, -0.2) is 9.59 Å². The average molecular weight is 514 g/mol. The van der Waals surface area contributed by atoms with Gasteiger partial charge in [0.05, 0.1) is 17.2 Å². The van der Waals surface area contributed by atoms with E-state index in [0.717, 1.165) is 10.8 Å². The Labute approximate surface area is 210 Å². The lowest BCUT2D eigenvalue weighted by atomic mass is 10.00. The van der Waals surface area contributed by atoms with Crippen LogP contribution in [0, 0.1) is 0 Å². The van der Waals surface area contributed by atoms with Gasteiger partial charge in [0, 0.05) is 6.42 Å². The zero-order valence-electron chi connectivity index (χ0n) is 19.4. The predicted molar refractivity (Wildman–Crippen MR) is 132 cm³/mol. The first-order valence-corrected chi connectivity index (χ1v) is 11.0. The lowest BCUT2D eigenvalue weighted by Gasteiger charge is -2.18. The number of rotatable bonds is 5. The first kappa shape index (κ1) is 29.0. The second-order valence-corrected chi connectivity index (χ2v) is 7.76. The zero-order valence-corrected chi connectivity index (χ0v) is 19.4. The van der Waals surface area contributed by atoms with Crippen LogP contribution in [0.5, 0.6) is 0 Å². The summed E-state index contributed by atoms with van der Waals surface area (Å²) in [7, 11) is 0. The molecule has 37 heavy (non-hydrogen) atoms. The van der Waals surface area contributed by atoms with Crippen LogP contribution in [0.25, 0.3) is 10.8 Å². The molecule has 4 aromatic rings. The van der Waals surface area contributed by atoms with E-state index >= 15 is 0 Å². The van der Waals surface area contributed by atoms with Crippen LogP contribution in [0.15, 0.2) is 103 Å². The highest BCUT2D eigenvalue weighted by Crippen LogP contribution is 2.29. The summed E-state index contributed by atoms with van der Waals surface area (Å²) in [6.45, 7) is 0. The molecule has 0 heterocycles. The number of benzene rings is 4. The number of carboxylic acid groups (broad SMARTS) is 2. The summed E-state index contributed by atoms with van der Waals surface area (Å²) in [6, 6.07) is 28.9. The van der Waals surface area contributed by atoms with E-state index in [1.165, 1.54) is 0 Å². The van der Waals surface area contributed by atoms with E-state index in [-0.39, 0.29) is 0 Å². The van der Waals surface area contributed by atoms with Crippen LogP contribution < -0.4 is 0 Å². The minimum absolute atomic E-state index is 0.331. The molecule has 0 aliphatic heterocycles. The Balaban J connectivity index is 0.000000222. The summed E-state index contributed by atoms with van der Waals surface area (Å²) < 4.78 is 36.7. The van der Waals surface area contributed by atoms with E-state index < -0.39 is 36.7 Å². The Bertz CT molecular complexity index is 1230. The molecule has 0 saturated heterocycles. The normalized spacial score (nSPS) is 12.2. The molecule has 4 aromatic carbocycles. The van der Waals surface area contributed by atoms with Gasteiger partial charge in [0.2, 0.25) is 0 Å². The number of carbonyl (C=O) groups is 2. The first-order valence-electron chi connectivity index (χ1n) is 11.0. The molecule has 9 heteroatoms. The van der Waals surface area contributed by atoms with E-state index in [2.05, 4.69) is 0 Å². The Hall–Kier alpha value is -4.21. The van der Waals surface area contributed by atoms with Crippen molar-refractivity contribution in [1.82, 2.24) is 0 Å². The molecule has 0 aromatic heterocycles. The number of aromatic carboxylic acids is 2. The summed E-state index contributed by atoms with van der Waals surface area (Å²) in [6.07, 6.45) is -9.34. The maximum Gasteiger partial charge on any atom is 0.414 e. The second-order valence-electron chi connectivity index (χ2n) is 7.76. The van der Waals surface area contributed by atoms with Crippen LogP contribution in [-0.2, 0) is 0 Å². The van der Waals surface area contributed by atoms with Crippen LogP contribution in [0.3, 0.4) is 0 Å². The van der Waals surface area contributed by atoms with Gasteiger partial charge in [-0.3, -0.25) is 0 Å². The molecule has 0 fully saturated rings. The van der Waals surface area contributed by atoms with Gasteiger partial charge < -0.3 is 20.4 Å². The van der Waals surface area contributed by atoms with Gasteiger partial charge in [-0.15, -0.1) is 0 Å². The van der Waals surface area contributed by atoms with Crippen molar-refractivity contribution in [1.29, 1.82) is 0 Å². The molecule has 6 nitrogen and oxygen atoms in total. The highest BCUT2D eigenvalue weighted by atomic mass is 19.4. The van der Waals surface area contributed by atoms with E-state index in [1.54, 1.807) is 78.9 Å². The smallest absolute Gasteiger partial charge is 0.414 e. The van der Waals surface area contributed by atoms with E-state index in [4.69, 9.17) is 15.3 Å². The van der Waals surface area contributed by atoms with Crippen LogP contribution >= 0.6 is 0 Å². The number of hydrogen-bond donors (Lipinski definition) is 4. The van der Waals surface area contributed by atoms with Crippen molar-refractivity contribution in [2.24, 2.45) is 0 Å². The molecule has 0 bridgehead atoms. The minimum atomic E-state index is -4.71. The largest absolute Gasteiger partial charge is 0.478 e. The molecule has 0 radical (unpaired) electrons. The topological polar surface area (TPSA) is 115 Å². The van der Waals surface area contributed by atoms with Gasteiger partial charge in [0.15, 0.2) is 6.10 Å². The van der Waals surface area contributed by atoms with Crippen molar-refractivity contribution in [2.75, 3.05) is 0 Å². The van der Waals surface area contributed by atoms with E-state index in [9.17, 15) is 27.9 Å². The third kappa shape index (κ3) is 9.75. The van der Waals surface area contributed by atoms with Crippen LogP contribution in [0.4, 0.5) is 13.2 Å². The lowest BCUT2D eigenvalue weighted by Crippen LogP contribution is -2.30. The molecule has 2 atom stereocenters. The number of aliphatic hydroxyl groups is 2. The Morgan fingerprint density at radius 3 is 1.49 bits per heavy atom. The van der Waals surface area contributed by atoms with Crippen LogP contribution in [0.2, 0.25) is 0 Å². The molecule has 0 saturated carbocycles. The number of aliphatic hydroxyl groups excluding tert-OH is 2. The third-order valence-electron chi connectivity index (χ3n) is 5.02. The highest BCUT2D eigenvalue weighted by molar-refractivity contribution is 5.87. The average Bonchev–Trinajstić information content (AvgIpc) is 2.89. The third-order valence-corrected chi connectivity index (χ3v) is 5.02. The Morgan fingerprint density at radius 2 is 1.08 bits per heavy atom. The summed E-state index contributed by atoms with van der Waals surface area (Å²) in [5.74, 6) is -1.76. The summed E-state index contributed by atoms with van der Waals surface area (Å²) in [5, 5.41) is 37.2. The molecule has 2 unspecified atom stereocenters. The van der Waals surface area contributed by atoms with Gasteiger partial charge in [-0.1, -0.05) is 72.8 Å². The van der Waals surface area contributed by atoms with Gasteiger partial charge >= 0.3 is 18.1 Å². The molecular weight excluding hydrogens is 489 g/mol. The Kier molecular flexibility index (Phi) is 10.8. The SMILES string of the molecule is O=C(O)c1ccccc1.O=C(O)c1ccccc1.OC(CC(O)C(F)(F)F)c1ccc2ccccc2c1. The fraction of sp³-hybridized carbons (Fsp3) is 0.143. The standard InChI is InChI=1S/C14H13F3O2.2C7H6O2/c15-14(16,17)13(19)8-12(18)11-6-5-9-3-1-2-4-10(9)7-11;2*8-7(9)6-4-2-1-3-5-6/h1-7,12-13,18-19H,8H2;2*1-5H,(H,8,9). The lowest BCUT2D eigenvalue weighted by molar-refractivity contribution is -0.211. The number of hydrogen-bond acceptors (Lipinski definition) is 4. The molecule has 0 aliphatic carbocycles. The molecule has 0 aliphatic rings. The molecular formula is C28H25F3O6. The molecule has 194 valence electrons. The van der Waals surface area contributed by atoms with Crippen LogP contribution in [-0.4, -0.2) is 44.6 Å². The van der Waals surface area contributed by atoms with Crippen molar-refractivity contribution in [3.05, 3.63) is 120 Å². The first-order chi connectivity index (χ1) is 17.5.